The SMILES string of the molecule is Cc1cnccc1NC(=O)C1CCCCC1N. The Labute approximate surface area is 102 Å². The number of aromatic nitrogens is 1. The van der Waals surface area contributed by atoms with Gasteiger partial charge in [0, 0.05) is 24.1 Å². The topological polar surface area (TPSA) is 68.0 Å². The number of anilines is 1. The summed E-state index contributed by atoms with van der Waals surface area (Å²) in [5, 5.41) is 2.95. The van der Waals surface area contributed by atoms with Crippen molar-refractivity contribution in [1.29, 1.82) is 0 Å². The van der Waals surface area contributed by atoms with E-state index in [1.807, 2.05) is 13.0 Å². The Morgan fingerprint density at radius 1 is 1.47 bits per heavy atom. The summed E-state index contributed by atoms with van der Waals surface area (Å²) >= 11 is 0. The van der Waals surface area contributed by atoms with Gasteiger partial charge in [0.25, 0.3) is 0 Å². The third-order valence-electron chi connectivity index (χ3n) is 3.43. The summed E-state index contributed by atoms with van der Waals surface area (Å²) in [6.45, 7) is 1.93. The molecule has 4 heteroatoms. The summed E-state index contributed by atoms with van der Waals surface area (Å²) < 4.78 is 0. The summed E-state index contributed by atoms with van der Waals surface area (Å²) in [6.07, 6.45) is 7.52. The number of aryl methyl sites for hydroxylation is 1. The standard InChI is InChI=1S/C13H19N3O/c1-9-8-15-7-6-12(9)16-13(17)10-4-2-3-5-11(10)14/h6-8,10-11H,2-5,14H2,1H3,(H,15,16,17). The van der Waals surface area contributed by atoms with E-state index in [4.69, 9.17) is 5.73 Å². The van der Waals surface area contributed by atoms with Gasteiger partial charge in [-0.05, 0) is 31.4 Å². The van der Waals surface area contributed by atoms with Gasteiger partial charge in [-0.2, -0.15) is 0 Å². The van der Waals surface area contributed by atoms with Crippen LogP contribution in [0, 0.1) is 12.8 Å². The maximum Gasteiger partial charge on any atom is 0.229 e. The minimum atomic E-state index is -0.0451. The molecule has 1 aliphatic rings. The summed E-state index contributed by atoms with van der Waals surface area (Å²) in [7, 11) is 0. The van der Waals surface area contributed by atoms with Crippen molar-refractivity contribution in [3.05, 3.63) is 24.0 Å². The highest BCUT2D eigenvalue weighted by Crippen LogP contribution is 2.24. The van der Waals surface area contributed by atoms with E-state index in [9.17, 15) is 4.79 Å². The molecule has 1 heterocycles. The van der Waals surface area contributed by atoms with Crippen molar-refractivity contribution in [3.8, 4) is 0 Å². The van der Waals surface area contributed by atoms with Gasteiger partial charge < -0.3 is 11.1 Å². The zero-order valence-electron chi connectivity index (χ0n) is 10.1. The lowest BCUT2D eigenvalue weighted by Crippen LogP contribution is -2.40. The molecule has 0 saturated heterocycles. The van der Waals surface area contributed by atoms with Gasteiger partial charge in [0.15, 0.2) is 0 Å². The highest BCUT2D eigenvalue weighted by molar-refractivity contribution is 5.93. The molecule has 3 N–H and O–H groups in total. The molecule has 1 fully saturated rings. The van der Waals surface area contributed by atoms with Crippen molar-refractivity contribution in [2.24, 2.45) is 11.7 Å². The van der Waals surface area contributed by atoms with Crippen LogP contribution in [-0.4, -0.2) is 16.9 Å². The van der Waals surface area contributed by atoms with Gasteiger partial charge in [-0.3, -0.25) is 9.78 Å². The number of carbonyl (C=O) groups is 1. The predicted molar refractivity (Wildman–Crippen MR) is 67.5 cm³/mol. The number of nitrogens with one attached hydrogen (secondary N) is 1. The quantitative estimate of drug-likeness (QED) is 0.819. The number of amides is 1. The van der Waals surface area contributed by atoms with Crippen LogP contribution in [0.25, 0.3) is 0 Å². The fourth-order valence-corrected chi connectivity index (χ4v) is 2.32. The first-order valence-electron chi connectivity index (χ1n) is 6.15. The van der Waals surface area contributed by atoms with Gasteiger partial charge in [0.05, 0.1) is 5.92 Å². The van der Waals surface area contributed by atoms with Gasteiger partial charge in [-0.1, -0.05) is 12.8 Å². The van der Waals surface area contributed by atoms with Crippen LogP contribution < -0.4 is 11.1 Å². The number of carbonyl (C=O) groups excluding carboxylic acids is 1. The van der Waals surface area contributed by atoms with E-state index >= 15 is 0 Å². The molecule has 1 aliphatic carbocycles. The van der Waals surface area contributed by atoms with E-state index in [0.29, 0.717) is 0 Å². The first-order valence-corrected chi connectivity index (χ1v) is 6.15. The van der Waals surface area contributed by atoms with Crippen LogP contribution in [0.3, 0.4) is 0 Å². The first-order chi connectivity index (χ1) is 8.18. The maximum atomic E-state index is 12.1. The Morgan fingerprint density at radius 3 is 2.94 bits per heavy atom. The van der Waals surface area contributed by atoms with Crippen LogP contribution in [0.5, 0.6) is 0 Å². The van der Waals surface area contributed by atoms with Crippen molar-refractivity contribution in [1.82, 2.24) is 4.98 Å². The lowest BCUT2D eigenvalue weighted by molar-refractivity contribution is -0.121. The molecule has 1 aromatic rings. The van der Waals surface area contributed by atoms with Crippen molar-refractivity contribution in [3.63, 3.8) is 0 Å². The minimum absolute atomic E-state index is 0.00546. The minimum Gasteiger partial charge on any atom is -0.327 e. The van der Waals surface area contributed by atoms with Gasteiger partial charge in [0.1, 0.15) is 0 Å². The lowest BCUT2D eigenvalue weighted by Gasteiger charge is -2.27. The molecule has 4 nitrogen and oxygen atoms in total. The average molecular weight is 233 g/mol. The van der Waals surface area contributed by atoms with Crippen LogP contribution in [0.1, 0.15) is 31.2 Å². The Morgan fingerprint density at radius 2 is 2.24 bits per heavy atom. The van der Waals surface area contributed by atoms with E-state index in [2.05, 4.69) is 10.3 Å². The van der Waals surface area contributed by atoms with E-state index in [1.54, 1.807) is 12.4 Å². The molecular formula is C13H19N3O. The first kappa shape index (κ1) is 12.0. The summed E-state index contributed by atoms with van der Waals surface area (Å²) in [5.41, 5.74) is 7.81. The number of nitrogens with two attached hydrogens (primary N) is 1. The molecule has 0 aromatic carbocycles. The van der Waals surface area contributed by atoms with Crippen molar-refractivity contribution >= 4 is 11.6 Å². The molecule has 1 amide bonds. The Balaban J connectivity index is 2.03. The summed E-state index contributed by atoms with van der Waals surface area (Å²) in [6, 6.07) is 1.83. The van der Waals surface area contributed by atoms with Crippen LogP contribution >= 0.6 is 0 Å². The van der Waals surface area contributed by atoms with E-state index < -0.39 is 0 Å². The molecule has 2 rings (SSSR count). The third-order valence-corrected chi connectivity index (χ3v) is 3.43. The second kappa shape index (κ2) is 5.27. The Bertz CT molecular complexity index is 405. The maximum absolute atomic E-state index is 12.1. The van der Waals surface area contributed by atoms with E-state index in [-0.39, 0.29) is 17.9 Å². The van der Waals surface area contributed by atoms with Gasteiger partial charge in [0.2, 0.25) is 5.91 Å². The molecule has 2 unspecified atom stereocenters. The van der Waals surface area contributed by atoms with Crippen molar-refractivity contribution in [2.45, 2.75) is 38.6 Å². The van der Waals surface area contributed by atoms with Crippen LogP contribution in [-0.2, 0) is 4.79 Å². The Kier molecular flexibility index (Phi) is 3.74. The van der Waals surface area contributed by atoms with E-state index in [0.717, 1.165) is 36.9 Å². The summed E-state index contributed by atoms with van der Waals surface area (Å²) in [4.78, 5) is 16.1. The molecule has 0 spiro atoms. The number of pyridine rings is 1. The fraction of sp³-hybridized carbons (Fsp3) is 0.538. The van der Waals surface area contributed by atoms with Gasteiger partial charge >= 0.3 is 0 Å². The highest BCUT2D eigenvalue weighted by atomic mass is 16.1. The molecular weight excluding hydrogens is 214 g/mol. The van der Waals surface area contributed by atoms with Crippen molar-refractivity contribution in [2.75, 3.05) is 5.32 Å². The van der Waals surface area contributed by atoms with Gasteiger partial charge in [-0.15, -0.1) is 0 Å². The molecule has 17 heavy (non-hydrogen) atoms. The number of nitrogens with zero attached hydrogens (tertiary/aromatic N) is 1. The summed E-state index contributed by atoms with van der Waals surface area (Å²) in [5.74, 6) is 0.00261. The average Bonchev–Trinajstić information content (AvgIpc) is 2.32. The smallest absolute Gasteiger partial charge is 0.229 e. The zero-order chi connectivity index (χ0) is 12.3. The molecule has 0 aliphatic heterocycles. The largest absolute Gasteiger partial charge is 0.327 e. The second-order valence-electron chi connectivity index (χ2n) is 4.73. The fourth-order valence-electron chi connectivity index (χ4n) is 2.32. The molecule has 1 aromatic heterocycles. The zero-order valence-corrected chi connectivity index (χ0v) is 10.1. The van der Waals surface area contributed by atoms with Crippen molar-refractivity contribution < 1.29 is 4.79 Å². The molecule has 1 saturated carbocycles. The highest BCUT2D eigenvalue weighted by Gasteiger charge is 2.28. The van der Waals surface area contributed by atoms with Gasteiger partial charge in [-0.25, -0.2) is 0 Å². The molecule has 0 radical (unpaired) electrons. The third kappa shape index (κ3) is 2.82. The van der Waals surface area contributed by atoms with E-state index in [1.165, 1.54) is 0 Å². The molecule has 2 atom stereocenters. The lowest BCUT2D eigenvalue weighted by atomic mass is 9.84. The monoisotopic (exact) mass is 233 g/mol. The van der Waals surface area contributed by atoms with Crippen LogP contribution in [0.15, 0.2) is 18.5 Å². The number of rotatable bonds is 2. The second-order valence-corrected chi connectivity index (χ2v) is 4.73. The number of hydrogen-bond donors (Lipinski definition) is 2. The normalized spacial score (nSPS) is 24.4. The molecule has 92 valence electrons. The Hall–Kier alpha value is -1.42. The number of hydrogen-bond acceptors (Lipinski definition) is 3. The molecule has 0 bridgehead atoms. The van der Waals surface area contributed by atoms with Crippen LogP contribution in [0.2, 0.25) is 0 Å². The van der Waals surface area contributed by atoms with Crippen LogP contribution in [0.4, 0.5) is 5.69 Å². The predicted octanol–water partition coefficient (Wildman–Crippen LogP) is 1.85.